The molecule has 0 aromatic carbocycles. The number of nitrogens with zero attached hydrogens (tertiary/aromatic N) is 3. The molecule has 0 aliphatic heterocycles. The summed E-state index contributed by atoms with van der Waals surface area (Å²) in [4.78, 5) is 0. The first-order chi connectivity index (χ1) is 6.74. The molecule has 0 unspecified atom stereocenters. The lowest BCUT2D eigenvalue weighted by molar-refractivity contribution is 0.317. The van der Waals surface area contributed by atoms with E-state index in [0.717, 1.165) is 18.7 Å². The number of rotatable bonds is 5. The summed E-state index contributed by atoms with van der Waals surface area (Å²) in [6, 6.07) is 1.96. The Kier molecular flexibility index (Phi) is 3.93. The Morgan fingerprint density at radius 1 is 1.79 bits per heavy atom. The van der Waals surface area contributed by atoms with Gasteiger partial charge < -0.3 is 16.3 Å². The fraction of sp³-hybridized carbons (Fsp3) is 0.500. The third kappa shape index (κ3) is 3.06. The van der Waals surface area contributed by atoms with E-state index in [9.17, 15) is 0 Å². The number of oxime groups is 1. The Hall–Kier alpha value is -1.56. The van der Waals surface area contributed by atoms with Crippen molar-refractivity contribution in [3.63, 3.8) is 0 Å². The van der Waals surface area contributed by atoms with Gasteiger partial charge >= 0.3 is 0 Å². The summed E-state index contributed by atoms with van der Waals surface area (Å²) in [7, 11) is 1.90. The smallest absolute Gasteiger partial charge is 0.153 e. The molecule has 1 aromatic heterocycles. The summed E-state index contributed by atoms with van der Waals surface area (Å²) in [6.45, 7) is 1.17. The minimum Gasteiger partial charge on any atom is -0.409 e. The predicted molar refractivity (Wildman–Crippen MR) is 53.2 cm³/mol. The monoisotopic (exact) mass is 197 g/mol. The van der Waals surface area contributed by atoms with Gasteiger partial charge in [-0.15, -0.1) is 0 Å². The third-order valence-electron chi connectivity index (χ3n) is 1.91. The highest BCUT2D eigenvalue weighted by atomic mass is 16.4. The molecule has 0 saturated heterocycles. The standard InChI is InChI=1S/C8H15N5O/c1-13-7(3-5-11-13)2-4-10-6-8(9)12-14/h3,5,10,14H,2,4,6H2,1H3,(H2,9,12). The van der Waals surface area contributed by atoms with Gasteiger partial charge in [-0.1, -0.05) is 5.16 Å². The molecule has 4 N–H and O–H groups in total. The molecule has 0 radical (unpaired) electrons. The predicted octanol–water partition coefficient (Wildman–Crippen LogP) is -0.701. The second kappa shape index (κ2) is 5.23. The largest absolute Gasteiger partial charge is 0.409 e. The number of nitrogens with one attached hydrogen (secondary N) is 1. The number of amidine groups is 1. The molecule has 14 heavy (non-hydrogen) atoms. The maximum Gasteiger partial charge on any atom is 0.153 e. The average molecular weight is 197 g/mol. The first-order valence-corrected chi connectivity index (χ1v) is 4.38. The molecule has 0 saturated carbocycles. The molecule has 0 atom stereocenters. The highest BCUT2D eigenvalue weighted by molar-refractivity contribution is 5.81. The van der Waals surface area contributed by atoms with Crippen LogP contribution in [0.25, 0.3) is 0 Å². The number of aryl methyl sites for hydroxylation is 1. The summed E-state index contributed by atoms with van der Waals surface area (Å²) in [5.41, 5.74) is 6.43. The Morgan fingerprint density at radius 3 is 3.14 bits per heavy atom. The molecule has 6 nitrogen and oxygen atoms in total. The fourth-order valence-electron chi connectivity index (χ4n) is 1.11. The highest BCUT2D eigenvalue weighted by Gasteiger charge is 1.98. The van der Waals surface area contributed by atoms with Crippen molar-refractivity contribution in [1.82, 2.24) is 15.1 Å². The van der Waals surface area contributed by atoms with Gasteiger partial charge in [0.1, 0.15) is 0 Å². The van der Waals surface area contributed by atoms with Crippen LogP contribution in [0.2, 0.25) is 0 Å². The fourth-order valence-corrected chi connectivity index (χ4v) is 1.11. The van der Waals surface area contributed by atoms with Crippen LogP contribution in [0.4, 0.5) is 0 Å². The van der Waals surface area contributed by atoms with Crippen molar-refractivity contribution < 1.29 is 5.21 Å². The van der Waals surface area contributed by atoms with E-state index in [2.05, 4.69) is 15.6 Å². The van der Waals surface area contributed by atoms with Crippen molar-refractivity contribution in [2.24, 2.45) is 17.9 Å². The van der Waals surface area contributed by atoms with Crippen molar-refractivity contribution in [1.29, 1.82) is 0 Å². The zero-order valence-corrected chi connectivity index (χ0v) is 8.14. The number of nitrogens with two attached hydrogens (primary N) is 1. The lowest BCUT2D eigenvalue weighted by atomic mass is 10.3. The van der Waals surface area contributed by atoms with Crippen LogP contribution < -0.4 is 11.1 Å². The Labute approximate surface area is 82.4 Å². The van der Waals surface area contributed by atoms with E-state index in [1.165, 1.54) is 0 Å². The highest BCUT2D eigenvalue weighted by Crippen LogP contribution is 1.95. The number of hydrogen-bond acceptors (Lipinski definition) is 4. The zero-order chi connectivity index (χ0) is 10.4. The average Bonchev–Trinajstić information content (AvgIpc) is 2.58. The van der Waals surface area contributed by atoms with Gasteiger partial charge in [0, 0.05) is 31.9 Å². The molecule has 0 fully saturated rings. The van der Waals surface area contributed by atoms with Gasteiger partial charge in [-0.05, 0) is 6.07 Å². The lowest BCUT2D eigenvalue weighted by Gasteiger charge is -2.03. The maximum atomic E-state index is 8.27. The molecule has 1 heterocycles. The molecule has 1 rings (SSSR count). The summed E-state index contributed by atoms with van der Waals surface area (Å²) in [5, 5.41) is 18.2. The van der Waals surface area contributed by atoms with Crippen molar-refractivity contribution >= 4 is 5.84 Å². The normalized spacial score (nSPS) is 11.9. The SMILES string of the molecule is Cn1nccc1CCNC/C(N)=N/O. The molecule has 0 spiro atoms. The summed E-state index contributed by atoms with van der Waals surface area (Å²) in [6.07, 6.45) is 2.63. The minimum atomic E-state index is 0.190. The first-order valence-electron chi connectivity index (χ1n) is 4.38. The topological polar surface area (TPSA) is 88.5 Å². The van der Waals surface area contributed by atoms with Crippen molar-refractivity contribution in [3.05, 3.63) is 18.0 Å². The van der Waals surface area contributed by atoms with E-state index in [0.29, 0.717) is 6.54 Å². The van der Waals surface area contributed by atoms with Crippen LogP contribution in [0.3, 0.4) is 0 Å². The van der Waals surface area contributed by atoms with Crippen LogP contribution in [0.5, 0.6) is 0 Å². The van der Waals surface area contributed by atoms with E-state index in [1.807, 2.05) is 17.8 Å². The quantitative estimate of drug-likeness (QED) is 0.191. The van der Waals surface area contributed by atoms with Gasteiger partial charge in [-0.3, -0.25) is 4.68 Å². The van der Waals surface area contributed by atoms with E-state index in [-0.39, 0.29) is 5.84 Å². The minimum absolute atomic E-state index is 0.190. The van der Waals surface area contributed by atoms with Crippen LogP contribution in [0, 0.1) is 0 Å². The summed E-state index contributed by atoms with van der Waals surface area (Å²) < 4.78 is 1.82. The molecule has 1 aromatic rings. The van der Waals surface area contributed by atoms with Crippen LogP contribution in [0.1, 0.15) is 5.69 Å². The Morgan fingerprint density at radius 2 is 2.57 bits per heavy atom. The van der Waals surface area contributed by atoms with E-state index >= 15 is 0 Å². The van der Waals surface area contributed by atoms with Crippen molar-refractivity contribution in [2.45, 2.75) is 6.42 Å². The summed E-state index contributed by atoms with van der Waals surface area (Å²) >= 11 is 0. The van der Waals surface area contributed by atoms with Crippen LogP contribution in [0.15, 0.2) is 17.4 Å². The second-order valence-corrected chi connectivity index (χ2v) is 2.96. The molecule has 78 valence electrons. The molecule has 0 aliphatic carbocycles. The van der Waals surface area contributed by atoms with Gasteiger partial charge in [-0.25, -0.2) is 0 Å². The zero-order valence-electron chi connectivity index (χ0n) is 8.14. The molecular formula is C8H15N5O. The molecule has 6 heteroatoms. The molecule has 0 bridgehead atoms. The lowest BCUT2D eigenvalue weighted by Crippen LogP contribution is -2.30. The van der Waals surface area contributed by atoms with E-state index < -0.39 is 0 Å². The Bertz CT molecular complexity index is 306. The number of aromatic nitrogens is 2. The maximum absolute atomic E-state index is 8.27. The van der Waals surface area contributed by atoms with Crippen LogP contribution in [-0.2, 0) is 13.5 Å². The first kappa shape index (κ1) is 10.5. The molecule has 0 amide bonds. The molecular weight excluding hydrogens is 182 g/mol. The van der Waals surface area contributed by atoms with Crippen molar-refractivity contribution in [2.75, 3.05) is 13.1 Å². The molecule has 0 aliphatic rings. The number of hydrogen-bond donors (Lipinski definition) is 3. The Balaban J connectivity index is 2.20. The van der Waals surface area contributed by atoms with Gasteiger partial charge in [0.15, 0.2) is 5.84 Å². The van der Waals surface area contributed by atoms with E-state index in [4.69, 9.17) is 10.9 Å². The third-order valence-corrected chi connectivity index (χ3v) is 1.91. The van der Waals surface area contributed by atoms with Crippen LogP contribution >= 0.6 is 0 Å². The van der Waals surface area contributed by atoms with Crippen LogP contribution in [-0.4, -0.2) is 33.9 Å². The van der Waals surface area contributed by atoms with E-state index in [1.54, 1.807) is 6.20 Å². The van der Waals surface area contributed by atoms with Gasteiger partial charge in [-0.2, -0.15) is 5.10 Å². The van der Waals surface area contributed by atoms with Gasteiger partial charge in [0.25, 0.3) is 0 Å². The van der Waals surface area contributed by atoms with Crippen molar-refractivity contribution in [3.8, 4) is 0 Å². The van der Waals surface area contributed by atoms with Gasteiger partial charge in [0.05, 0.1) is 6.54 Å². The second-order valence-electron chi connectivity index (χ2n) is 2.96. The summed E-state index contributed by atoms with van der Waals surface area (Å²) in [5.74, 6) is 0.190. The van der Waals surface area contributed by atoms with Gasteiger partial charge in [0.2, 0.25) is 0 Å².